The lowest BCUT2D eigenvalue weighted by Gasteiger charge is -2.27. The average Bonchev–Trinajstić information content (AvgIpc) is 3.29. The highest BCUT2D eigenvalue weighted by molar-refractivity contribution is 5.79. The Morgan fingerprint density at radius 2 is 1.89 bits per heavy atom. The van der Waals surface area contributed by atoms with Crippen molar-refractivity contribution in [3.8, 4) is 11.5 Å². The molecule has 2 N–H and O–H groups in total. The normalized spacial score (nSPS) is 18.2. The SMILES string of the molecule is CN=C(NCc1cccc(N2CC=CC2)c1)NCC1COc2ccccc2O1. The Balaban J connectivity index is 1.27. The van der Waals surface area contributed by atoms with Gasteiger partial charge in [-0.15, -0.1) is 0 Å². The molecule has 0 saturated carbocycles. The molecule has 0 aliphatic carbocycles. The smallest absolute Gasteiger partial charge is 0.191 e. The number of hydrogen-bond acceptors (Lipinski definition) is 4. The molecule has 4 rings (SSSR count). The first-order valence-electron chi connectivity index (χ1n) is 9.64. The molecule has 2 aliphatic rings. The average molecular weight is 378 g/mol. The number of para-hydroxylation sites is 2. The van der Waals surface area contributed by atoms with Gasteiger partial charge in [0.1, 0.15) is 12.7 Å². The third kappa shape index (κ3) is 4.39. The number of nitrogens with one attached hydrogen (secondary N) is 2. The lowest BCUT2D eigenvalue weighted by Crippen LogP contribution is -2.45. The summed E-state index contributed by atoms with van der Waals surface area (Å²) in [6, 6.07) is 16.4. The molecule has 2 aromatic rings. The van der Waals surface area contributed by atoms with Crippen LogP contribution in [0.5, 0.6) is 11.5 Å². The minimum absolute atomic E-state index is 0.0561. The molecule has 0 aromatic heterocycles. The van der Waals surface area contributed by atoms with Gasteiger partial charge < -0.3 is 25.0 Å². The van der Waals surface area contributed by atoms with Gasteiger partial charge in [0.25, 0.3) is 0 Å². The number of anilines is 1. The molecule has 1 atom stereocenters. The first-order chi connectivity index (χ1) is 13.8. The molecule has 2 aliphatic heterocycles. The Kier molecular flexibility index (Phi) is 5.66. The molecule has 146 valence electrons. The summed E-state index contributed by atoms with van der Waals surface area (Å²) >= 11 is 0. The first kappa shape index (κ1) is 18.2. The summed E-state index contributed by atoms with van der Waals surface area (Å²) in [5.74, 6) is 2.33. The van der Waals surface area contributed by atoms with Crippen LogP contribution in [-0.4, -0.2) is 45.4 Å². The Labute approximate surface area is 165 Å². The third-order valence-electron chi connectivity index (χ3n) is 4.84. The van der Waals surface area contributed by atoms with Crippen LogP contribution in [0, 0.1) is 0 Å². The van der Waals surface area contributed by atoms with E-state index in [1.165, 1.54) is 11.3 Å². The molecular weight excluding hydrogens is 352 g/mol. The van der Waals surface area contributed by atoms with Crippen molar-refractivity contribution in [2.75, 3.05) is 38.2 Å². The zero-order valence-corrected chi connectivity index (χ0v) is 16.1. The largest absolute Gasteiger partial charge is 0.486 e. The van der Waals surface area contributed by atoms with Crippen LogP contribution in [0.1, 0.15) is 5.56 Å². The fourth-order valence-electron chi connectivity index (χ4n) is 3.33. The minimum atomic E-state index is -0.0561. The van der Waals surface area contributed by atoms with Crippen LogP contribution in [0.3, 0.4) is 0 Å². The number of nitrogens with zero attached hydrogens (tertiary/aromatic N) is 2. The maximum Gasteiger partial charge on any atom is 0.191 e. The zero-order chi connectivity index (χ0) is 19.2. The van der Waals surface area contributed by atoms with Crippen molar-refractivity contribution >= 4 is 11.6 Å². The lowest BCUT2D eigenvalue weighted by atomic mass is 10.2. The number of hydrogen-bond donors (Lipinski definition) is 2. The van der Waals surface area contributed by atoms with Gasteiger partial charge in [0.05, 0.1) is 6.54 Å². The van der Waals surface area contributed by atoms with E-state index in [1.54, 1.807) is 7.05 Å². The second kappa shape index (κ2) is 8.69. The van der Waals surface area contributed by atoms with Gasteiger partial charge in [-0.25, -0.2) is 0 Å². The summed E-state index contributed by atoms with van der Waals surface area (Å²) in [6.07, 6.45) is 4.34. The Morgan fingerprint density at radius 1 is 1.07 bits per heavy atom. The van der Waals surface area contributed by atoms with E-state index in [0.717, 1.165) is 30.5 Å². The molecule has 0 amide bonds. The maximum absolute atomic E-state index is 5.98. The number of benzene rings is 2. The Hall–Kier alpha value is -3.15. The van der Waals surface area contributed by atoms with Crippen LogP contribution >= 0.6 is 0 Å². The monoisotopic (exact) mass is 378 g/mol. The van der Waals surface area contributed by atoms with Gasteiger partial charge in [-0.05, 0) is 29.8 Å². The third-order valence-corrected chi connectivity index (χ3v) is 4.84. The van der Waals surface area contributed by atoms with Gasteiger partial charge in [-0.2, -0.15) is 0 Å². The van der Waals surface area contributed by atoms with Gasteiger partial charge >= 0.3 is 0 Å². The predicted octanol–water partition coefficient (Wildman–Crippen LogP) is 2.57. The molecule has 0 bridgehead atoms. The van der Waals surface area contributed by atoms with Crippen molar-refractivity contribution in [1.82, 2.24) is 10.6 Å². The second-order valence-corrected chi connectivity index (χ2v) is 6.85. The maximum atomic E-state index is 5.98. The molecule has 6 nitrogen and oxygen atoms in total. The number of guanidine groups is 1. The number of rotatable bonds is 5. The van der Waals surface area contributed by atoms with Crippen molar-refractivity contribution in [2.45, 2.75) is 12.6 Å². The van der Waals surface area contributed by atoms with Crippen LogP contribution in [0.25, 0.3) is 0 Å². The minimum Gasteiger partial charge on any atom is -0.486 e. The van der Waals surface area contributed by atoms with Crippen LogP contribution in [-0.2, 0) is 6.54 Å². The van der Waals surface area contributed by atoms with Crippen LogP contribution in [0.2, 0.25) is 0 Å². The molecule has 6 heteroatoms. The van der Waals surface area contributed by atoms with E-state index in [1.807, 2.05) is 24.3 Å². The molecule has 28 heavy (non-hydrogen) atoms. The van der Waals surface area contributed by atoms with E-state index in [-0.39, 0.29) is 6.10 Å². The van der Waals surface area contributed by atoms with Crippen molar-refractivity contribution < 1.29 is 9.47 Å². The molecule has 0 saturated heterocycles. The van der Waals surface area contributed by atoms with Crippen molar-refractivity contribution in [3.63, 3.8) is 0 Å². The molecular formula is C22H26N4O2. The van der Waals surface area contributed by atoms with Gasteiger partial charge in [0.2, 0.25) is 0 Å². The Morgan fingerprint density at radius 3 is 2.71 bits per heavy atom. The number of aliphatic imine (C=N–C) groups is 1. The van der Waals surface area contributed by atoms with E-state index in [0.29, 0.717) is 19.7 Å². The number of fused-ring (bicyclic) bond motifs is 1. The topological polar surface area (TPSA) is 58.1 Å². The summed E-state index contributed by atoms with van der Waals surface area (Å²) in [4.78, 5) is 6.65. The predicted molar refractivity (Wildman–Crippen MR) is 112 cm³/mol. The van der Waals surface area contributed by atoms with Gasteiger partial charge in [0, 0.05) is 32.4 Å². The Bertz CT molecular complexity index is 857. The first-order valence-corrected chi connectivity index (χ1v) is 9.64. The molecule has 0 spiro atoms. The molecule has 0 fully saturated rings. The highest BCUT2D eigenvalue weighted by Crippen LogP contribution is 2.30. The summed E-state index contributed by atoms with van der Waals surface area (Å²) in [5.41, 5.74) is 2.47. The summed E-state index contributed by atoms with van der Waals surface area (Å²) < 4.78 is 11.7. The second-order valence-electron chi connectivity index (χ2n) is 6.85. The van der Waals surface area contributed by atoms with E-state index in [9.17, 15) is 0 Å². The van der Waals surface area contributed by atoms with E-state index in [4.69, 9.17) is 9.47 Å². The molecule has 2 heterocycles. The fourth-order valence-corrected chi connectivity index (χ4v) is 3.33. The van der Waals surface area contributed by atoms with Gasteiger partial charge in [0.15, 0.2) is 17.5 Å². The zero-order valence-electron chi connectivity index (χ0n) is 16.1. The fraction of sp³-hybridized carbons (Fsp3) is 0.318. The van der Waals surface area contributed by atoms with Crippen LogP contribution < -0.4 is 25.0 Å². The van der Waals surface area contributed by atoms with Crippen molar-refractivity contribution in [1.29, 1.82) is 0 Å². The van der Waals surface area contributed by atoms with Gasteiger partial charge in [-0.3, -0.25) is 4.99 Å². The molecule has 0 radical (unpaired) electrons. The molecule has 2 aromatic carbocycles. The summed E-state index contributed by atoms with van der Waals surface area (Å²) in [7, 11) is 1.77. The highest BCUT2D eigenvalue weighted by atomic mass is 16.6. The van der Waals surface area contributed by atoms with Gasteiger partial charge in [-0.1, -0.05) is 36.4 Å². The van der Waals surface area contributed by atoms with E-state index < -0.39 is 0 Å². The van der Waals surface area contributed by atoms with Crippen LogP contribution in [0.15, 0.2) is 65.7 Å². The summed E-state index contributed by atoms with van der Waals surface area (Å²) in [6.45, 7) is 3.81. The highest BCUT2D eigenvalue weighted by Gasteiger charge is 2.20. The summed E-state index contributed by atoms with van der Waals surface area (Å²) in [5, 5.41) is 6.69. The standard InChI is InChI=1S/C22H26N4O2/c1-23-22(25-15-19-16-27-20-9-2-3-10-21(20)28-19)24-14-17-7-6-8-18(13-17)26-11-4-5-12-26/h2-10,13,19H,11-12,14-16H2,1H3,(H2,23,24,25). The van der Waals surface area contributed by atoms with E-state index in [2.05, 4.69) is 56.9 Å². The van der Waals surface area contributed by atoms with E-state index >= 15 is 0 Å². The lowest BCUT2D eigenvalue weighted by molar-refractivity contribution is 0.0936. The molecule has 1 unspecified atom stereocenters. The number of ether oxygens (including phenoxy) is 2. The quantitative estimate of drug-likeness (QED) is 0.476. The van der Waals surface area contributed by atoms with Crippen LogP contribution in [0.4, 0.5) is 5.69 Å². The van der Waals surface area contributed by atoms with Crippen molar-refractivity contribution in [2.24, 2.45) is 4.99 Å². The van der Waals surface area contributed by atoms with Crippen molar-refractivity contribution in [3.05, 3.63) is 66.2 Å².